The molecule has 0 aliphatic carbocycles. The number of nitrogens with zero attached hydrogens (tertiary/aromatic N) is 2. The first-order chi connectivity index (χ1) is 11.2. The van der Waals surface area contributed by atoms with Crippen LogP contribution < -0.4 is 5.32 Å². The zero-order chi connectivity index (χ0) is 16.5. The summed E-state index contributed by atoms with van der Waals surface area (Å²) < 4.78 is 11.3. The quantitative estimate of drug-likeness (QED) is 0.280. The maximum absolute atomic E-state index is 5.92. The Hall–Kier alpha value is 0.270. The average molecular weight is 471 g/mol. The van der Waals surface area contributed by atoms with E-state index in [4.69, 9.17) is 9.47 Å². The Kier molecular flexibility index (Phi) is 11.7. The SMILES string of the molecule is CN=C(NCCCOC1CCOCC1)N1CCSC(C(C)C)C1.I. The van der Waals surface area contributed by atoms with E-state index in [-0.39, 0.29) is 24.0 Å². The summed E-state index contributed by atoms with van der Waals surface area (Å²) in [4.78, 5) is 6.86. The second kappa shape index (κ2) is 12.6. The van der Waals surface area contributed by atoms with Crippen molar-refractivity contribution < 1.29 is 9.47 Å². The highest BCUT2D eigenvalue weighted by molar-refractivity contribution is 14.0. The summed E-state index contributed by atoms with van der Waals surface area (Å²) in [5.41, 5.74) is 0. The fraction of sp³-hybridized carbons (Fsp3) is 0.941. The Morgan fingerprint density at radius 3 is 2.79 bits per heavy atom. The van der Waals surface area contributed by atoms with Gasteiger partial charge in [0, 0.05) is 57.5 Å². The van der Waals surface area contributed by atoms with Gasteiger partial charge in [-0.15, -0.1) is 24.0 Å². The zero-order valence-electron chi connectivity index (χ0n) is 15.3. The summed E-state index contributed by atoms with van der Waals surface area (Å²) >= 11 is 2.10. The summed E-state index contributed by atoms with van der Waals surface area (Å²) in [5.74, 6) is 2.95. The third-order valence-corrected chi connectivity index (χ3v) is 6.01. The molecule has 5 nitrogen and oxygen atoms in total. The van der Waals surface area contributed by atoms with Gasteiger partial charge in [-0.25, -0.2) is 0 Å². The molecule has 2 heterocycles. The molecule has 0 saturated carbocycles. The highest BCUT2D eigenvalue weighted by Crippen LogP contribution is 2.24. The van der Waals surface area contributed by atoms with E-state index in [0.717, 1.165) is 64.7 Å². The van der Waals surface area contributed by atoms with Gasteiger partial charge in [-0.3, -0.25) is 4.99 Å². The average Bonchev–Trinajstić information content (AvgIpc) is 2.59. The number of rotatable bonds is 6. The van der Waals surface area contributed by atoms with Crippen LogP contribution in [-0.2, 0) is 9.47 Å². The van der Waals surface area contributed by atoms with Crippen molar-refractivity contribution in [2.75, 3.05) is 52.3 Å². The number of halogens is 1. The van der Waals surface area contributed by atoms with Crippen LogP contribution in [0.2, 0.25) is 0 Å². The molecule has 0 spiro atoms. The summed E-state index contributed by atoms with van der Waals surface area (Å²) in [6.07, 6.45) is 3.50. The van der Waals surface area contributed by atoms with Crippen LogP contribution in [0.4, 0.5) is 0 Å². The van der Waals surface area contributed by atoms with Crippen LogP contribution in [-0.4, -0.2) is 74.5 Å². The first-order valence-electron chi connectivity index (χ1n) is 8.97. The maximum Gasteiger partial charge on any atom is 0.193 e. The van der Waals surface area contributed by atoms with Crippen molar-refractivity contribution >= 4 is 41.7 Å². The standard InChI is InChI=1S/C17H33N3O2S.HI/c1-14(2)16-13-20(8-12-23-16)17(18-3)19-7-4-9-22-15-5-10-21-11-6-15;/h14-16H,4-13H2,1-3H3,(H,18,19);1H. The molecule has 2 aliphatic heterocycles. The number of aliphatic imine (C=N–C) groups is 1. The lowest BCUT2D eigenvalue weighted by Crippen LogP contribution is -2.49. The zero-order valence-corrected chi connectivity index (χ0v) is 18.5. The molecule has 0 aromatic carbocycles. The van der Waals surface area contributed by atoms with Crippen molar-refractivity contribution in [1.82, 2.24) is 10.2 Å². The molecule has 1 atom stereocenters. The molecule has 1 N–H and O–H groups in total. The molecule has 142 valence electrons. The molecular weight excluding hydrogens is 437 g/mol. The van der Waals surface area contributed by atoms with Crippen molar-refractivity contribution in [3.63, 3.8) is 0 Å². The van der Waals surface area contributed by atoms with Crippen molar-refractivity contribution in [2.24, 2.45) is 10.9 Å². The Balaban J connectivity index is 0.00000288. The molecule has 1 unspecified atom stereocenters. The van der Waals surface area contributed by atoms with Gasteiger partial charge in [0.05, 0.1) is 6.10 Å². The minimum Gasteiger partial charge on any atom is -0.381 e. The maximum atomic E-state index is 5.92. The predicted octanol–water partition coefficient (Wildman–Crippen LogP) is 2.84. The highest BCUT2D eigenvalue weighted by atomic mass is 127. The summed E-state index contributed by atoms with van der Waals surface area (Å²) in [5, 5.41) is 4.21. The number of hydrogen-bond donors (Lipinski definition) is 1. The van der Waals surface area contributed by atoms with Crippen LogP contribution in [0.3, 0.4) is 0 Å². The van der Waals surface area contributed by atoms with E-state index in [1.54, 1.807) is 0 Å². The van der Waals surface area contributed by atoms with E-state index in [2.05, 4.69) is 40.8 Å². The van der Waals surface area contributed by atoms with E-state index in [0.29, 0.717) is 17.3 Å². The number of thioether (sulfide) groups is 1. The largest absolute Gasteiger partial charge is 0.381 e. The van der Waals surface area contributed by atoms with E-state index in [9.17, 15) is 0 Å². The molecule has 2 aliphatic rings. The van der Waals surface area contributed by atoms with E-state index in [1.807, 2.05) is 7.05 Å². The van der Waals surface area contributed by atoms with Gasteiger partial charge in [-0.2, -0.15) is 11.8 Å². The number of hydrogen-bond acceptors (Lipinski definition) is 4. The van der Waals surface area contributed by atoms with E-state index >= 15 is 0 Å². The lowest BCUT2D eigenvalue weighted by molar-refractivity contribution is -0.0320. The normalized spacial score (nSPS) is 23.2. The summed E-state index contributed by atoms with van der Waals surface area (Å²) in [7, 11) is 1.88. The predicted molar refractivity (Wildman–Crippen MR) is 114 cm³/mol. The van der Waals surface area contributed by atoms with Gasteiger partial charge in [0.15, 0.2) is 5.96 Å². The molecule has 0 bridgehead atoms. The first kappa shape index (κ1) is 22.3. The molecule has 2 fully saturated rings. The smallest absolute Gasteiger partial charge is 0.193 e. The number of ether oxygens (including phenoxy) is 2. The van der Waals surface area contributed by atoms with Gasteiger partial charge in [-0.1, -0.05) is 13.8 Å². The van der Waals surface area contributed by atoms with Gasteiger partial charge in [0.25, 0.3) is 0 Å². The van der Waals surface area contributed by atoms with Crippen LogP contribution >= 0.6 is 35.7 Å². The van der Waals surface area contributed by atoms with Gasteiger partial charge in [-0.05, 0) is 25.2 Å². The fourth-order valence-corrected chi connectivity index (χ4v) is 4.27. The third-order valence-electron chi connectivity index (χ3n) is 4.47. The molecule has 0 aromatic heterocycles. The second-order valence-electron chi connectivity index (χ2n) is 6.61. The van der Waals surface area contributed by atoms with Gasteiger partial charge in [0.2, 0.25) is 0 Å². The summed E-state index contributed by atoms with van der Waals surface area (Å²) in [6.45, 7) is 10.2. The lowest BCUT2D eigenvalue weighted by Gasteiger charge is -2.36. The van der Waals surface area contributed by atoms with Crippen LogP contribution in [0, 0.1) is 5.92 Å². The monoisotopic (exact) mass is 471 g/mol. The Morgan fingerprint density at radius 1 is 1.38 bits per heavy atom. The molecule has 2 rings (SSSR count). The third kappa shape index (κ3) is 7.66. The van der Waals surface area contributed by atoms with Crippen molar-refractivity contribution in [1.29, 1.82) is 0 Å². The van der Waals surface area contributed by atoms with Crippen LogP contribution in [0.25, 0.3) is 0 Å². The van der Waals surface area contributed by atoms with Gasteiger partial charge in [0.1, 0.15) is 0 Å². The highest BCUT2D eigenvalue weighted by Gasteiger charge is 2.24. The second-order valence-corrected chi connectivity index (χ2v) is 7.96. The molecule has 2 saturated heterocycles. The Bertz CT molecular complexity index is 366. The van der Waals surface area contributed by atoms with Crippen molar-refractivity contribution in [3.8, 4) is 0 Å². The van der Waals surface area contributed by atoms with Crippen LogP contribution in [0.1, 0.15) is 33.1 Å². The van der Waals surface area contributed by atoms with E-state index < -0.39 is 0 Å². The summed E-state index contributed by atoms with van der Waals surface area (Å²) in [6, 6.07) is 0. The number of guanidine groups is 1. The Morgan fingerprint density at radius 2 is 2.12 bits per heavy atom. The molecule has 7 heteroatoms. The molecule has 0 amide bonds. The van der Waals surface area contributed by atoms with Crippen LogP contribution in [0.15, 0.2) is 4.99 Å². The van der Waals surface area contributed by atoms with Crippen LogP contribution in [0.5, 0.6) is 0 Å². The fourth-order valence-electron chi connectivity index (χ4n) is 2.97. The molecule has 0 radical (unpaired) electrons. The topological polar surface area (TPSA) is 46.1 Å². The Labute approximate surface area is 168 Å². The minimum atomic E-state index is 0. The van der Waals surface area contributed by atoms with E-state index in [1.165, 1.54) is 5.75 Å². The minimum absolute atomic E-state index is 0. The molecular formula is C17H34IN3O2S. The number of nitrogens with one attached hydrogen (secondary N) is 1. The van der Waals surface area contributed by atoms with Gasteiger partial charge >= 0.3 is 0 Å². The van der Waals surface area contributed by atoms with Crippen molar-refractivity contribution in [3.05, 3.63) is 0 Å². The molecule has 24 heavy (non-hydrogen) atoms. The van der Waals surface area contributed by atoms with Gasteiger partial charge < -0.3 is 19.7 Å². The first-order valence-corrected chi connectivity index (χ1v) is 10.0. The van der Waals surface area contributed by atoms with Crippen molar-refractivity contribution in [2.45, 2.75) is 44.5 Å². The lowest BCUT2D eigenvalue weighted by atomic mass is 10.1. The molecule has 0 aromatic rings.